The summed E-state index contributed by atoms with van der Waals surface area (Å²) in [5.41, 5.74) is -1.20. The molecule has 2 aromatic carbocycles. The lowest BCUT2D eigenvalue weighted by molar-refractivity contribution is 0.558. The maximum absolute atomic E-state index is 14.0. The van der Waals surface area contributed by atoms with Crippen LogP contribution in [0.2, 0.25) is 0 Å². The van der Waals surface area contributed by atoms with E-state index in [1.54, 1.807) is 13.0 Å². The molecule has 1 N–H and O–H groups in total. The first-order valence-electron chi connectivity index (χ1n) is 9.51. The molecule has 4 rings (SSSR count). The summed E-state index contributed by atoms with van der Waals surface area (Å²) in [5, 5.41) is 8.94. The summed E-state index contributed by atoms with van der Waals surface area (Å²) in [6.45, 7) is 1.74. The van der Waals surface area contributed by atoms with Crippen LogP contribution in [-0.2, 0) is 23.6 Å². The number of benzene rings is 2. The van der Waals surface area contributed by atoms with E-state index in [9.17, 15) is 22.4 Å². The van der Waals surface area contributed by atoms with Crippen molar-refractivity contribution in [3.63, 3.8) is 0 Å². The molecule has 0 radical (unpaired) electrons. The third-order valence-electron chi connectivity index (χ3n) is 5.50. The van der Waals surface area contributed by atoms with E-state index in [-0.39, 0.29) is 27.9 Å². The minimum atomic E-state index is -3.84. The second-order valence-corrected chi connectivity index (χ2v) is 9.69. The Morgan fingerprint density at radius 2 is 1.90 bits per heavy atom. The third kappa shape index (κ3) is 3.78. The Balaban J connectivity index is 1.85. The smallest absolute Gasteiger partial charge is 0.289 e. The van der Waals surface area contributed by atoms with Gasteiger partial charge in [0.1, 0.15) is 11.9 Å². The molecule has 1 saturated carbocycles. The Bertz CT molecular complexity index is 1490. The van der Waals surface area contributed by atoms with Crippen molar-refractivity contribution in [2.24, 2.45) is 7.05 Å². The lowest BCUT2D eigenvalue weighted by Crippen LogP contribution is -2.38. The van der Waals surface area contributed by atoms with Crippen LogP contribution in [0.15, 0.2) is 50.9 Å². The van der Waals surface area contributed by atoms with Crippen LogP contribution in [0.25, 0.3) is 10.9 Å². The highest BCUT2D eigenvalue weighted by molar-refractivity contribution is 7.89. The van der Waals surface area contributed by atoms with Gasteiger partial charge in [-0.15, -0.1) is 0 Å². The lowest BCUT2D eigenvalue weighted by atomic mass is 10.1. The monoisotopic (exact) mass is 442 g/mol. The summed E-state index contributed by atoms with van der Waals surface area (Å²) in [7, 11) is -2.54. The Morgan fingerprint density at radius 1 is 1.19 bits per heavy atom. The van der Waals surface area contributed by atoms with Crippen molar-refractivity contribution in [1.82, 2.24) is 13.9 Å². The Labute approximate surface area is 177 Å². The summed E-state index contributed by atoms with van der Waals surface area (Å²) in [6, 6.07) is 9.71. The largest absolute Gasteiger partial charge is 0.331 e. The van der Waals surface area contributed by atoms with Crippen molar-refractivity contribution in [1.29, 1.82) is 5.26 Å². The van der Waals surface area contributed by atoms with Gasteiger partial charge in [-0.3, -0.25) is 13.9 Å². The van der Waals surface area contributed by atoms with Crippen molar-refractivity contribution >= 4 is 20.9 Å². The van der Waals surface area contributed by atoms with E-state index in [1.807, 2.05) is 0 Å². The average Bonchev–Trinajstić information content (AvgIpc) is 3.45. The number of nitriles is 1. The number of aromatic nitrogens is 2. The molecule has 8 nitrogen and oxygen atoms in total. The second kappa shape index (κ2) is 7.14. The van der Waals surface area contributed by atoms with Crippen LogP contribution in [-0.4, -0.2) is 23.1 Å². The molecule has 31 heavy (non-hydrogen) atoms. The van der Waals surface area contributed by atoms with E-state index in [0.29, 0.717) is 5.56 Å². The standard InChI is InChI=1S/C21H19FN4O4S/c1-21(7-8-21)24-31(29,30)15-5-6-18-16(10-15)19(27)25(2)20(28)26(18)12-13-3-4-14(11-23)17(22)9-13/h3-6,9-10,24H,7-8,12H2,1-2H3. The predicted octanol–water partition coefficient (Wildman–Crippen LogP) is 1.59. The molecule has 0 saturated heterocycles. The first-order valence-corrected chi connectivity index (χ1v) is 11.0. The number of halogens is 1. The van der Waals surface area contributed by atoms with Gasteiger partial charge in [-0.2, -0.15) is 5.26 Å². The molecule has 0 aliphatic heterocycles. The highest BCUT2D eigenvalue weighted by atomic mass is 32.2. The van der Waals surface area contributed by atoms with E-state index in [1.165, 1.54) is 41.9 Å². The van der Waals surface area contributed by atoms with E-state index in [4.69, 9.17) is 5.26 Å². The lowest BCUT2D eigenvalue weighted by Gasteiger charge is -2.15. The van der Waals surface area contributed by atoms with Crippen molar-refractivity contribution in [2.75, 3.05) is 0 Å². The predicted molar refractivity (Wildman–Crippen MR) is 112 cm³/mol. The molecule has 0 spiro atoms. The summed E-state index contributed by atoms with van der Waals surface area (Å²) in [6.07, 6.45) is 1.48. The van der Waals surface area contributed by atoms with Crippen molar-refractivity contribution in [3.8, 4) is 6.07 Å². The molecule has 1 aliphatic carbocycles. The average molecular weight is 442 g/mol. The molecule has 10 heteroatoms. The molecular weight excluding hydrogens is 423 g/mol. The van der Waals surface area contributed by atoms with Crippen LogP contribution >= 0.6 is 0 Å². The summed E-state index contributed by atoms with van der Waals surface area (Å²) < 4.78 is 44.2. The first-order chi connectivity index (χ1) is 14.5. The highest BCUT2D eigenvalue weighted by Crippen LogP contribution is 2.36. The molecule has 0 amide bonds. The number of hydrogen-bond acceptors (Lipinski definition) is 5. The van der Waals surface area contributed by atoms with Crippen molar-refractivity contribution in [2.45, 2.75) is 36.7 Å². The van der Waals surface area contributed by atoms with E-state index in [0.717, 1.165) is 23.5 Å². The van der Waals surface area contributed by atoms with Crippen LogP contribution in [0.3, 0.4) is 0 Å². The van der Waals surface area contributed by atoms with Gasteiger partial charge in [-0.05, 0) is 55.7 Å². The number of sulfonamides is 1. The summed E-state index contributed by atoms with van der Waals surface area (Å²) in [4.78, 5) is 25.4. The van der Waals surface area contributed by atoms with Crippen molar-refractivity contribution < 1.29 is 12.8 Å². The van der Waals surface area contributed by atoms with Crippen LogP contribution in [0.1, 0.15) is 30.9 Å². The van der Waals surface area contributed by atoms with Crippen molar-refractivity contribution in [3.05, 3.63) is 74.2 Å². The second-order valence-electron chi connectivity index (χ2n) is 8.00. The third-order valence-corrected chi connectivity index (χ3v) is 7.13. The fourth-order valence-electron chi connectivity index (χ4n) is 3.40. The Kier molecular flexibility index (Phi) is 4.83. The number of nitrogens with zero attached hydrogens (tertiary/aromatic N) is 3. The van der Waals surface area contributed by atoms with E-state index < -0.39 is 32.6 Å². The summed E-state index contributed by atoms with van der Waals surface area (Å²) in [5.74, 6) is -0.713. The molecule has 0 unspecified atom stereocenters. The zero-order chi connectivity index (χ0) is 22.6. The molecule has 3 aromatic rings. The normalized spacial score (nSPS) is 15.0. The van der Waals surface area contributed by atoms with Gasteiger partial charge in [-0.1, -0.05) is 6.07 Å². The fourth-order valence-corrected chi connectivity index (χ4v) is 4.89. The summed E-state index contributed by atoms with van der Waals surface area (Å²) >= 11 is 0. The van der Waals surface area contributed by atoms with Crippen LogP contribution in [0.4, 0.5) is 4.39 Å². The van der Waals surface area contributed by atoms with Gasteiger partial charge in [0.2, 0.25) is 10.0 Å². The number of nitrogens with one attached hydrogen (secondary N) is 1. The first kappa shape index (κ1) is 21.0. The van der Waals surface area contributed by atoms with Gasteiger partial charge in [0.05, 0.1) is 27.9 Å². The highest BCUT2D eigenvalue weighted by Gasteiger charge is 2.41. The van der Waals surface area contributed by atoms with Gasteiger partial charge in [0, 0.05) is 12.6 Å². The van der Waals surface area contributed by atoms with Gasteiger partial charge in [0.15, 0.2) is 0 Å². The van der Waals surface area contributed by atoms with Gasteiger partial charge in [0.25, 0.3) is 5.56 Å². The molecule has 1 aromatic heterocycles. The number of fused-ring (bicyclic) bond motifs is 1. The molecule has 160 valence electrons. The van der Waals surface area contributed by atoms with Gasteiger partial charge < -0.3 is 0 Å². The minimum Gasteiger partial charge on any atom is -0.289 e. The van der Waals surface area contributed by atoms with Crippen LogP contribution in [0.5, 0.6) is 0 Å². The topological polar surface area (TPSA) is 114 Å². The van der Waals surface area contributed by atoms with Crippen LogP contribution < -0.4 is 16.0 Å². The molecule has 1 fully saturated rings. The number of rotatable bonds is 5. The molecule has 0 bridgehead atoms. The molecule has 1 aliphatic rings. The Morgan fingerprint density at radius 3 is 2.52 bits per heavy atom. The zero-order valence-electron chi connectivity index (χ0n) is 16.8. The maximum atomic E-state index is 14.0. The van der Waals surface area contributed by atoms with Gasteiger partial charge in [-0.25, -0.2) is 22.3 Å². The Hall–Kier alpha value is -3.29. The molecular formula is C21H19FN4O4S. The quantitative estimate of drug-likeness (QED) is 0.645. The SMILES string of the molecule is Cn1c(=O)c2cc(S(=O)(=O)NC3(C)CC3)ccc2n(Cc2ccc(C#N)c(F)c2)c1=O. The zero-order valence-corrected chi connectivity index (χ0v) is 17.7. The van der Waals surface area contributed by atoms with E-state index in [2.05, 4.69) is 4.72 Å². The molecule has 1 heterocycles. The van der Waals surface area contributed by atoms with E-state index >= 15 is 0 Å². The minimum absolute atomic E-state index is 0.0556. The van der Waals surface area contributed by atoms with Crippen LogP contribution in [0, 0.1) is 17.1 Å². The maximum Gasteiger partial charge on any atom is 0.331 e. The number of hydrogen-bond donors (Lipinski definition) is 1. The van der Waals surface area contributed by atoms with Gasteiger partial charge >= 0.3 is 5.69 Å². The molecule has 0 atom stereocenters. The fraction of sp³-hybridized carbons (Fsp3) is 0.286.